The van der Waals surface area contributed by atoms with Gasteiger partial charge in [-0.3, -0.25) is 0 Å². The number of ether oxygens (including phenoxy) is 1. The van der Waals surface area contributed by atoms with Crippen LogP contribution >= 0.6 is 11.6 Å². The highest BCUT2D eigenvalue weighted by atomic mass is 35.5. The van der Waals surface area contributed by atoms with E-state index in [1.54, 1.807) is 7.11 Å². The van der Waals surface area contributed by atoms with E-state index < -0.39 is 0 Å². The van der Waals surface area contributed by atoms with Crippen molar-refractivity contribution in [3.05, 3.63) is 28.8 Å². The first-order chi connectivity index (χ1) is 9.76. The van der Waals surface area contributed by atoms with Crippen LogP contribution in [-0.4, -0.2) is 13.7 Å². The third-order valence-electron chi connectivity index (χ3n) is 3.63. The van der Waals surface area contributed by atoms with Crippen molar-refractivity contribution in [2.45, 2.75) is 53.5 Å². The average Bonchev–Trinajstić information content (AvgIpc) is 2.35. The van der Waals surface area contributed by atoms with E-state index >= 15 is 0 Å². The third-order valence-corrected chi connectivity index (χ3v) is 3.96. The van der Waals surface area contributed by atoms with Crippen LogP contribution in [0.25, 0.3) is 0 Å². The lowest BCUT2D eigenvalue weighted by Crippen LogP contribution is -2.24. The van der Waals surface area contributed by atoms with Gasteiger partial charge in [0.2, 0.25) is 0 Å². The van der Waals surface area contributed by atoms with Crippen LogP contribution in [0.4, 0.5) is 0 Å². The van der Waals surface area contributed by atoms with Gasteiger partial charge in [0.15, 0.2) is 0 Å². The van der Waals surface area contributed by atoms with Gasteiger partial charge in [-0.25, -0.2) is 0 Å². The van der Waals surface area contributed by atoms with Gasteiger partial charge in [0.05, 0.1) is 7.11 Å². The summed E-state index contributed by atoms with van der Waals surface area (Å²) in [6.07, 6.45) is 2.31. The van der Waals surface area contributed by atoms with E-state index in [9.17, 15) is 0 Å². The molecule has 0 fully saturated rings. The molecule has 3 heteroatoms. The zero-order chi connectivity index (χ0) is 16.0. The molecule has 2 unspecified atom stereocenters. The van der Waals surface area contributed by atoms with Crippen molar-refractivity contribution in [1.29, 1.82) is 0 Å². The molecular weight excluding hydrogens is 282 g/mol. The Balaban J connectivity index is 2.86. The third kappa shape index (κ3) is 6.27. The number of benzene rings is 1. The molecule has 1 rings (SSSR count). The number of halogens is 1. The average molecular weight is 312 g/mol. The zero-order valence-corrected chi connectivity index (χ0v) is 15.1. The van der Waals surface area contributed by atoms with Crippen LogP contribution in [0.1, 0.15) is 59.1 Å². The second-order valence-corrected chi connectivity index (χ2v) is 7.51. The fraction of sp³-hybridized carbons (Fsp3) is 0.667. The number of hydrogen-bond acceptors (Lipinski definition) is 2. The highest BCUT2D eigenvalue weighted by Crippen LogP contribution is 2.34. The Bertz CT molecular complexity index is 439. The summed E-state index contributed by atoms with van der Waals surface area (Å²) in [5, 5.41) is 4.35. The molecule has 1 aromatic rings. The van der Waals surface area contributed by atoms with Gasteiger partial charge in [0.1, 0.15) is 5.75 Å². The van der Waals surface area contributed by atoms with Crippen molar-refractivity contribution in [2.75, 3.05) is 13.7 Å². The van der Waals surface area contributed by atoms with Crippen LogP contribution in [0.15, 0.2) is 18.2 Å². The molecule has 0 saturated carbocycles. The lowest BCUT2D eigenvalue weighted by atomic mass is 9.82. The Morgan fingerprint density at radius 2 is 1.95 bits per heavy atom. The van der Waals surface area contributed by atoms with Gasteiger partial charge >= 0.3 is 0 Å². The molecule has 21 heavy (non-hydrogen) atoms. The topological polar surface area (TPSA) is 21.3 Å². The van der Waals surface area contributed by atoms with Gasteiger partial charge in [0, 0.05) is 11.1 Å². The monoisotopic (exact) mass is 311 g/mol. The molecule has 0 aliphatic heterocycles. The van der Waals surface area contributed by atoms with Crippen molar-refractivity contribution in [3.63, 3.8) is 0 Å². The predicted octanol–water partition coefficient (Wildman–Crippen LogP) is 5.46. The molecule has 0 amide bonds. The highest BCUT2D eigenvalue weighted by molar-refractivity contribution is 6.31. The van der Waals surface area contributed by atoms with E-state index in [-0.39, 0.29) is 0 Å². The largest absolute Gasteiger partial charge is 0.497 e. The Hall–Kier alpha value is -0.730. The van der Waals surface area contributed by atoms with Gasteiger partial charge in [-0.2, -0.15) is 0 Å². The minimum absolute atomic E-state index is 0.297. The molecule has 1 N–H and O–H groups in total. The van der Waals surface area contributed by atoms with Crippen molar-refractivity contribution in [3.8, 4) is 5.75 Å². The first kappa shape index (κ1) is 18.3. The lowest BCUT2D eigenvalue weighted by molar-refractivity contribution is 0.276. The fourth-order valence-electron chi connectivity index (χ4n) is 3.02. The Kier molecular flexibility index (Phi) is 7.02. The maximum absolute atomic E-state index is 6.44. The van der Waals surface area contributed by atoms with Crippen LogP contribution in [0.5, 0.6) is 5.75 Å². The lowest BCUT2D eigenvalue weighted by Gasteiger charge is -2.28. The molecule has 1 aromatic carbocycles. The van der Waals surface area contributed by atoms with Crippen molar-refractivity contribution in [2.24, 2.45) is 11.3 Å². The SMILES string of the molecule is CCNC(CC(C)CC(C)(C)C)c1ccc(OC)cc1Cl. The van der Waals surface area contributed by atoms with Crippen molar-refractivity contribution < 1.29 is 4.74 Å². The summed E-state index contributed by atoms with van der Waals surface area (Å²) < 4.78 is 5.23. The minimum atomic E-state index is 0.297. The van der Waals surface area contributed by atoms with Gasteiger partial charge in [0.25, 0.3) is 0 Å². The maximum atomic E-state index is 6.44. The minimum Gasteiger partial charge on any atom is -0.497 e. The summed E-state index contributed by atoms with van der Waals surface area (Å²) in [5.74, 6) is 1.45. The van der Waals surface area contributed by atoms with Crippen molar-refractivity contribution in [1.82, 2.24) is 5.32 Å². The van der Waals surface area contributed by atoms with Crippen LogP contribution < -0.4 is 10.1 Å². The number of rotatable bonds is 7. The molecule has 0 heterocycles. The number of hydrogen-bond donors (Lipinski definition) is 1. The standard InChI is InChI=1S/C18H30ClNO/c1-7-20-17(10-13(2)12-18(3,4)5)15-9-8-14(21-6)11-16(15)19/h8-9,11,13,17,20H,7,10,12H2,1-6H3. The normalized spacial score (nSPS) is 14.8. The van der Waals surface area contributed by atoms with E-state index in [1.165, 1.54) is 12.0 Å². The Morgan fingerprint density at radius 1 is 1.29 bits per heavy atom. The second kappa shape index (κ2) is 8.05. The first-order valence-electron chi connectivity index (χ1n) is 7.83. The van der Waals surface area contributed by atoms with E-state index in [2.05, 4.69) is 46.0 Å². The molecule has 0 bridgehead atoms. The summed E-state index contributed by atoms with van der Waals surface area (Å²) in [6.45, 7) is 12.3. The molecule has 120 valence electrons. The number of methoxy groups -OCH3 is 1. The second-order valence-electron chi connectivity index (χ2n) is 7.10. The molecule has 0 aliphatic carbocycles. The van der Waals surface area contributed by atoms with E-state index in [0.717, 1.165) is 23.7 Å². The van der Waals surface area contributed by atoms with Crippen LogP contribution in [0.3, 0.4) is 0 Å². The van der Waals surface area contributed by atoms with E-state index in [0.29, 0.717) is 17.4 Å². The fourth-order valence-corrected chi connectivity index (χ4v) is 3.32. The summed E-state index contributed by atoms with van der Waals surface area (Å²) in [7, 11) is 1.67. The van der Waals surface area contributed by atoms with E-state index in [1.807, 2.05) is 12.1 Å². The summed E-state index contributed by atoms with van der Waals surface area (Å²) in [5.41, 5.74) is 1.53. The molecule has 2 atom stereocenters. The molecular formula is C18H30ClNO. The smallest absolute Gasteiger partial charge is 0.120 e. The highest BCUT2D eigenvalue weighted by Gasteiger charge is 2.21. The quantitative estimate of drug-likeness (QED) is 0.721. The Morgan fingerprint density at radius 3 is 2.43 bits per heavy atom. The summed E-state index contributed by atoms with van der Waals surface area (Å²) in [4.78, 5) is 0. The zero-order valence-electron chi connectivity index (χ0n) is 14.3. The summed E-state index contributed by atoms with van der Waals surface area (Å²) in [6, 6.07) is 6.26. The predicted molar refractivity (Wildman–Crippen MR) is 92.3 cm³/mol. The van der Waals surface area contributed by atoms with E-state index in [4.69, 9.17) is 16.3 Å². The molecule has 2 nitrogen and oxygen atoms in total. The first-order valence-corrected chi connectivity index (χ1v) is 8.21. The van der Waals surface area contributed by atoms with Gasteiger partial charge in [-0.05, 0) is 48.4 Å². The van der Waals surface area contributed by atoms with Gasteiger partial charge in [-0.15, -0.1) is 0 Å². The Labute approximate surface area is 135 Å². The van der Waals surface area contributed by atoms with Crippen LogP contribution in [-0.2, 0) is 0 Å². The van der Waals surface area contributed by atoms with Crippen LogP contribution in [0, 0.1) is 11.3 Å². The van der Waals surface area contributed by atoms with Crippen LogP contribution in [0.2, 0.25) is 5.02 Å². The van der Waals surface area contributed by atoms with Gasteiger partial charge in [-0.1, -0.05) is 52.3 Å². The molecule has 0 aliphatic rings. The maximum Gasteiger partial charge on any atom is 0.120 e. The molecule has 0 spiro atoms. The molecule has 0 aromatic heterocycles. The molecule has 0 saturated heterocycles. The van der Waals surface area contributed by atoms with Crippen molar-refractivity contribution >= 4 is 11.6 Å². The summed E-state index contributed by atoms with van der Waals surface area (Å²) >= 11 is 6.44. The van der Waals surface area contributed by atoms with Gasteiger partial charge < -0.3 is 10.1 Å². The number of nitrogens with one attached hydrogen (secondary N) is 1. The molecule has 0 radical (unpaired) electrons.